The lowest BCUT2D eigenvalue weighted by atomic mass is 10.5. The molecule has 0 saturated carbocycles. The fourth-order valence-corrected chi connectivity index (χ4v) is 0.831. The van der Waals surface area contributed by atoms with Crippen molar-refractivity contribution in [2.24, 2.45) is 10.3 Å². The number of carbonyl (C=O) groups excluding carboxylic acids is 1. The molecule has 0 saturated heterocycles. The molecule has 6 nitrogen and oxygen atoms in total. The molecule has 1 amide bonds. The van der Waals surface area contributed by atoms with Crippen molar-refractivity contribution < 1.29 is 14.3 Å². The first kappa shape index (κ1) is 8.09. The first-order chi connectivity index (χ1) is 5.29. The lowest BCUT2D eigenvalue weighted by Crippen LogP contribution is -2.47. The molecule has 0 atom stereocenters. The summed E-state index contributed by atoms with van der Waals surface area (Å²) in [4.78, 5) is 10.4. The Hall–Kier alpha value is -1.01. The highest BCUT2D eigenvalue weighted by molar-refractivity contribution is 5.47. The number of ether oxygens (including phenoxy) is 2. The molecule has 0 aromatic carbocycles. The second-order valence-electron chi connectivity index (χ2n) is 1.96. The molecular formula is C5H9N3O3. The van der Waals surface area contributed by atoms with Gasteiger partial charge in [0.1, 0.15) is 6.54 Å². The van der Waals surface area contributed by atoms with E-state index < -0.39 is 5.91 Å². The molecule has 0 aromatic rings. The molecule has 1 heterocycles. The largest absolute Gasteiger partial charge is 0.333 e. The van der Waals surface area contributed by atoms with Crippen molar-refractivity contribution in [1.82, 2.24) is 5.01 Å². The van der Waals surface area contributed by atoms with Crippen LogP contribution >= 0.6 is 0 Å². The minimum Gasteiger partial charge on any atom is -0.333 e. The van der Waals surface area contributed by atoms with Crippen molar-refractivity contribution in [2.75, 3.05) is 20.8 Å². The van der Waals surface area contributed by atoms with Gasteiger partial charge in [-0.15, -0.1) is 0 Å². The van der Waals surface area contributed by atoms with Gasteiger partial charge in [0.15, 0.2) is 0 Å². The Balaban J connectivity index is 2.76. The predicted octanol–water partition coefficient (Wildman–Crippen LogP) is -0.228. The van der Waals surface area contributed by atoms with Crippen LogP contribution < -0.4 is 0 Å². The van der Waals surface area contributed by atoms with Gasteiger partial charge in [0.2, 0.25) is 6.41 Å². The van der Waals surface area contributed by atoms with Crippen LogP contribution in [0.2, 0.25) is 0 Å². The number of amides is 1. The molecular weight excluding hydrogens is 150 g/mol. The van der Waals surface area contributed by atoms with Crippen LogP contribution in [0, 0.1) is 0 Å². The quantitative estimate of drug-likeness (QED) is 0.422. The molecule has 0 aromatic heterocycles. The van der Waals surface area contributed by atoms with Crippen molar-refractivity contribution in [1.29, 1.82) is 0 Å². The van der Waals surface area contributed by atoms with Crippen LogP contribution in [0.5, 0.6) is 0 Å². The average Bonchev–Trinajstić information content (AvgIpc) is 2.47. The van der Waals surface area contributed by atoms with Crippen molar-refractivity contribution in [3.05, 3.63) is 0 Å². The van der Waals surface area contributed by atoms with Gasteiger partial charge in [-0.3, -0.25) is 4.79 Å². The van der Waals surface area contributed by atoms with E-state index in [2.05, 4.69) is 10.3 Å². The second-order valence-corrected chi connectivity index (χ2v) is 1.96. The van der Waals surface area contributed by atoms with E-state index in [1.54, 1.807) is 0 Å². The van der Waals surface area contributed by atoms with E-state index in [9.17, 15) is 4.79 Å². The molecule has 0 unspecified atom stereocenters. The topological polar surface area (TPSA) is 63.5 Å². The first-order valence-electron chi connectivity index (χ1n) is 3.01. The summed E-state index contributed by atoms with van der Waals surface area (Å²) >= 11 is 0. The highest BCUT2D eigenvalue weighted by atomic mass is 16.7. The molecule has 1 rings (SSSR count). The van der Waals surface area contributed by atoms with Gasteiger partial charge in [0, 0.05) is 14.2 Å². The zero-order chi connectivity index (χ0) is 8.32. The minimum atomic E-state index is -1.12. The molecule has 6 heteroatoms. The van der Waals surface area contributed by atoms with Gasteiger partial charge in [-0.2, -0.15) is 10.1 Å². The Kier molecular flexibility index (Phi) is 2.16. The van der Waals surface area contributed by atoms with Crippen LogP contribution in [0.4, 0.5) is 0 Å². The van der Waals surface area contributed by atoms with Crippen LogP contribution in [-0.4, -0.2) is 38.1 Å². The number of hydrogen-bond donors (Lipinski definition) is 0. The smallest absolute Gasteiger partial charge is 0.297 e. The third-order valence-corrected chi connectivity index (χ3v) is 1.52. The van der Waals surface area contributed by atoms with Gasteiger partial charge in [0.25, 0.3) is 5.91 Å². The Bertz CT molecular complexity index is 178. The Morgan fingerprint density at radius 3 is 2.55 bits per heavy atom. The number of nitrogens with zero attached hydrogens (tertiary/aromatic N) is 3. The van der Waals surface area contributed by atoms with Crippen LogP contribution in [0.15, 0.2) is 10.3 Å². The molecule has 0 N–H and O–H groups in total. The fraction of sp³-hybridized carbons (Fsp3) is 0.800. The summed E-state index contributed by atoms with van der Waals surface area (Å²) < 4.78 is 9.87. The van der Waals surface area contributed by atoms with E-state index in [1.165, 1.54) is 14.2 Å². The third-order valence-electron chi connectivity index (χ3n) is 1.52. The molecule has 1 aliphatic rings. The van der Waals surface area contributed by atoms with Crippen molar-refractivity contribution in [2.45, 2.75) is 5.91 Å². The number of methoxy groups -OCH3 is 2. The van der Waals surface area contributed by atoms with E-state index in [-0.39, 0.29) is 6.54 Å². The van der Waals surface area contributed by atoms with Crippen LogP contribution in [-0.2, 0) is 14.3 Å². The average molecular weight is 159 g/mol. The summed E-state index contributed by atoms with van der Waals surface area (Å²) in [5.74, 6) is -1.12. The van der Waals surface area contributed by atoms with E-state index in [4.69, 9.17) is 9.47 Å². The molecule has 0 spiro atoms. The highest BCUT2D eigenvalue weighted by Crippen LogP contribution is 2.22. The van der Waals surface area contributed by atoms with Crippen LogP contribution in [0.25, 0.3) is 0 Å². The van der Waals surface area contributed by atoms with E-state index in [1.807, 2.05) is 0 Å². The molecule has 1 aliphatic heterocycles. The monoisotopic (exact) mass is 159 g/mol. The summed E-state index contributed by atoms with van der Waals surface area (Å²) in [5, 5.41) is 8.08. The Morgan fingerprint density at radius 2 is 2.18 bits per heavy atom. The summed E-state index contributed by atoms with van der Waals surface area (Å²) in [5.41, 5.74) is 0. The maximum absolute atomic E-state index is 10.4. The summed E-state index contributed by atoms with van der Waals surface area (Å²) in [6.45, 7) is 0.207. The Morgan fingerprint density at radius 1 is 1.55 bits per heavy atom. The van der Waals surface area contributed by atoms with Gasteiger partial charge in [-0.05, 0) is 0 Å². The van der Waals surface area contributed by atoms with Gasteiger partial charge in [-0.1, -0.05) is 5.22 Å². The van der Waals surface area contributed by atoms with Crippen LogP contribution in [0.3, 0.4) is 0 Å². The van der Waals surface area contributed by atoms with Gasteiger partial charge in [-0.25, -0.2) is 0 Å². The van der Waals surface area contributed by atoms with E-state index in [0.717, 1.165) is 5.01 Å². The van der Waals surface area contributed by atoms with Crippen molar-refractivity contribution in [3.63, 3.8) is 0 Å². The number of rotatable bonds is 3. The normalized spacial score (nSPS) is 20.7. The summed E-state index contributed by atoms with van der Waals surface area (Å²) in [6.07, 6.45) is 0.503. The molecule has 0 radical (unpaired) electrons. The first-order valence-corrected chi connectivity index (χ1v) is 3.01. The van der Waals surface area contributed by atoms with E-state index >= 15 is 0 Å². The SMILES string of the molecule is COC1(OC)CN=NN1C=O. The van der Waals surface area contributed by atoms with Gasteiger partial charge in [0.05, 0.1) is 0 Å². The minimum absolute atomic E-state index is 0.207. The number of hydrogen-bond acceptors (Lipinski definition) is 5. The third kappa shape index (κ3) is 1.10. The zero-order valence-electron chi connectivity index (χ0n) is 6.35. The maximum atomic E-state index is 10.4. The predicted molar refractivity (Wildman–Crippen MR) is 34.4 cm³/mol. The van der Waals surface area contributed by atoms with Crippen molar-refractivity contribution >= 4 is 6.41 Å². The number of carbonyl (C=O) groups is 1. The molecule has 62 valence electrons. The second kappa shape index (κ2) is 2.93. The summed E-state index contributed by atoms with van der Waals surface area (Å²) in [7, 11) is 2.85. The molecule has 0 fully saturated rings. The van der Waals surface area contributed by atoms with Crippen LogP contribution in [0.1, 0.15) is 0 Å². The summed E-state index contributed by atoms with van der Waals surface area (Å²) in [6, 6.07) is 0. The van der Waals surface area contributed by atoms with Gasteiger partial charge < -0.3 is 9.47 Å². The molecule has 11 heavy (non-hydrogen) atoms. The van der Waals surface area contributed by atoms with Crippen molar-refractivity contribution in [3.8, 4) is 0 Å². The molecule has 0 aliphatic carbocycles. The van der Waals surface area contributed by atoms with Gasteiger partial charge >= 0.3 is 0 Å². The molecule has 0 bridgehead atoms. The fourth-order valence-electron chi connectivity index (χ4n) is 0.831. The maximum Gasteiger partial charge on any atom is 0.297 e. The zero-order valence-corrected chi connectivity index (χ0v) is 6.35. The van der Waals surface area contributed by atoms with E-state index in [0.29, 0.717) is 6.41 Å². The Labute approximate surface area is 63.8 Å². The lowest BCUT2D eigenvalue weighted by Gasteiger charge is -2.27. The highest BCUT2D eigenvalue weighted by Gasteiger charge is 2.41. The standard InChI is InChI=1S/C5H9N3O3/c1-10-5(11-2)3-6-7-8(5)4-9/h4H,3H2,1-2H3. The lowest BCUT2D eigenvalue weighted by molar-refractivity contribution is -0.265.